The monoisotopic (exact) mass is 336 g/mol. The molecule has 2 aromatic rings. The summed E-state index contributed by atoms with van der Waals surface area (Å²) in [5, 5.41) is 5.80. The van der Waals surface area contributed by atoms with Crippen LogP contribution < -0.4 is 10.6 Å². The van der Waals surface area contributed by atoms with E-state index in [4.69, 9.17) is 0 Å². The zero-order valence-electron chi connectivity index (χ0n) is 13.4. The molecular weight excluding hydrogens is 315 g/mol. The first-order chi connectivity index (χ1) is 10.6. The Morgan fingerprint density at radius 1 is 1.04 bits per heavy atom. The van der Waals surface area contributed by atoms with Gasteiger partial charge in [0.1, 0.15) is 5.82 Å². The summed E-state index contributed by atoms with van der Waals surface area (Å²) < 4.78 is 14.2. The summed E-state index contributed by atoms with van der Waals surface area (Å²) in [6, 6.07) is 12.6. The lowest BCUT2D eigenvalue weighted by Gasteiger charge is -2.08. The van der Waals surface area contributed by atoms with Gasteiger partial charge in [-0.3, -0.25) is 4.79 Å². The lowest BCUT2D eigenvalue weighted by Crippen LogP contribution is -2.32. The van der Waals surface area contributed by atoms with Crippen molar-refractivity contribution in [2.75, 3.05) is 19.6 Å². The molecular formula is C18H22ClFN2O. The third-order valence-electron chi connectivity index (χ3n) is 3.44. The van der Waals surface area contributed by atoms with Crippen molar-refractivity contribution in [3.63, 3.8) is 0 Å². The quantitative estimate of drug-likeness (QED) is 0.792. The van der Waals surface area contributed by atoms with Gasteiger partial charge >= 0.3 is 0 Å². The Kier molecular flexibility index (Phi) is 7.72. The number of likely N-dealkylation sites (N-methyl/N-ethyl adjacent to an activating group) is 1. The molecule has 0 atom stereocenters. The molecule has 0 aliphatic heterocycles. The fourth-order valence-corrected chi connectivity index (χ4v) is 2.16. The van der Waals surface area contributed by atoms with Crippen molar-refractivity contribution in [2.24, 2.45) is 0 Å². The molecule has 0 bridgehead atoms. The van der Waals surface area contributed by atoms with Gasteiger partial charge in [0.25, 0.3) is 5.91 Å². The van der Waals surface area contributed by atoms with Crippen molar-refractivity contribution in [3.05, 3.63) is 59.4 Å². The minimum atomic E-state index is -0.501. The fourth-order valence-electron chi connectivity index (χ4n) is 2.16. The van der Waals surface area contributed by atoms with Gasteiger partial charge < -0.3 is 10.6 Å². The first-order valence-corrected chi connectivity index (χ1v) is 7.47. The molecule has 0 aliphatic rings. The summed E-state index contributed by atoms with van der Waals surface area (Å²) in [5.74, 6) is -0.884. The van der Waals surface area contributed by atoms with Crippen molar-refractivity contribution in [1.82, 2.24) is 10.6 Å². The average Bonchev–Trinajstić information content (AvgIpc) is 2.52. The van der Waals surface area contributed by atoms with Crippen LogP contribution in [0.2, 0.25) is 0 Å². The van der Waals surface area contributed by atoms with E-state index in [-0.39, 0.29) is 23.9 Å². The van der Waals surface area contributed by atoms with Gasteiger partial charge in [0.05, 0.1) is 5.56 Å². The minimum Gasteiger partial charge on any atom is -0.351 e. The fraction of sp³-hybridized carbons (Fsp3) is 0.278. The Morgan fingerprint density at radius 3 is 2.30 bits per heavy atom. The van der Waals surface area contributed by atoms with Crippen LogP contribution in [0.5, 0.6) is 0 Å². The van der Waals surface area contributed by atoms with Crippen LogP contribution in [0.1, 0.15) is 22.8 Å². The molecule has 0 fully saturated rings. The molecule has 2 aromatic carbocycles. The summed E-state index contributed by atoms with van der Waals surface area (Å²) in [6.45, 7) is 5.99. The summed E-state index contributed by atoms with van der Waals surface area (Å²) in [5.41, 5.74) is 2.93. The standard InChI is InChI=1S/C18H21FN2O.ClH/c1-3-20-10-11-21-18(22)16-9-8-15(12-17(16)19)14-6-4-13(2)5-7-14;/h4-9,12,20H,3,10-11H2,1-2H3,(H,21,22);1H. The van der Waals surface area contributed by atoms with Crippen LogP contribution in [-0.4, -0.2) is 25.5 Å². The van der Waals surface area contributed by atoms with Crippen LogP contribution in [0.25, 0.3) is 11.1 Å². The summed E-state index contributed by atoms with van der Waals surface area (Å²) in [6.07, 6.45) is 0. The number of nitrogens with one attached hydrogen (secondary N) is 2. The number of rotatable bonds is 6. The van der Waals surface area contributed by atoms with E-state index in [2.05, 4.69) is 10.6 Å². The molecule has 0 saturated heterocycles. The number of hydrogen-bond acceptors (Lipinski definition) is 2. The molecule has 0 saturated carbocycles. The number of benzene rings is 2. The van der Waals surface area contributed by atoms with Gasteiger partial charge in [0, 0.05) is 13.1 Å². The highest BCUT2D eigenvalue weighted by Crippen LogP contribution is 2.22. The Morgan fingerprint density at radius 2 is 1.70 bits per heavy atom. The molecule has 0 spiro atoms. The van der Waals surface area contributed by atoms with Gasteiger partial charge in [-0.25, -0.2) is 4.39 Å². The molecule has 3 nitrogen and oxygen atoms in total. The van der Waals surface area contributed by atoms with E-state index in [1.54, 1.807) is 6.07 Å². The highest BCUT2D eigenvalue weighted by molar-refractivity contribution is 5.95. The molecule has 2 rings (SSSR count). The number of aryl methyl sites for hydroxylation is 1. The van der Waals surface area contributed by atoms with Crippen molar-refractivity contribution < 1.29 is 9.18 Å². The second kappa shape index (κ2) is 9.28. The van der Waals surface area contributed by atoms with Gasteiger partial charge in [0.15, 0.2) is 0 Å². The number of carbonyl (C=O) groups excluding carboxylic acids is 1. The maximum atomic E-state index is 14.2. The van der Waals surface area contributed by atoms with E-state index in [1.165, 1.54) is 12.1 Å². The zero-order chi connectivity index (χ0) is 15.9. The second-order valence-corrected chi connectivity index (χ2v) is 5.17. The number of hydrogen-bond donors (Lipinski definition) is 2. The SMILES string of the molecule is CCNCCNC(=O)c1ccc(-c2ccc(C)cc2)cc1F.Cl. The predicted molar refractivity (Wildman–Crippen MR) is 94.7 cm³/mol. The Hall–Kier alpha value is -1.91. The predicted octanol–water partition coefficient (Wildman–Crippen LogP) is 3.56. The maximum Gasteiger partial charge on any atom is 0.254 e. The molecule has 0 heterocycles. The van der Waals surface area contributed by atoms with E-state index >= 15 is 0 Å². The molecule has 23 heavy (non-hydrogen) atoms. The van der Waals surface area contributed by atoms with Crippen molar-refractivity contribution >= 4 is 18.3 Å². The Balaban J connectivity index is 0.00000264. The third kappa shape index (κ3) is 5.34. The Labute approximate surface area is 142 Å². The second-order valence-electron chi connectivity index (χ2n) is 5.17. The molecule has 0 radical (unpaired) electrons. The molecule has 0 aromatic heterocycles. The number of amides is 1. The summed E-state index contributed by atoms with van der Waals surface area (Å²) in [4.78, 5) is 11.9. The van der Waals surface area contributed by atoms with Crippen molar-refractivity contribution in [3.8, 4) is 11.1 Å². The van der Waals surface area contributed by atoms with Gasteiger partial charge in [-0.05, 0) is 36.7 Å². The molecule has 2 N–H and O–H groups in total. The highest BCUT2D eigenvalue weighted by atomic mass is 35.5. The topological polar surface area (TPSA) is 41.1 Å². The normalized spacial score (nSPS) is 10.0. The van der Waals surface area contributed by atoms with E-state index in [0.29, 0.717) is 13.1 Å². The number of halogens is 2. The lowest BCUT2D eigenvalue weighted by molar-refractivity contribution is 0.0950. The summed E-state index contributed by atoms with van der Waals surface area (Å²) >= 11 is 0. The van der Waals surface area contributed by atoms with Crippen LogP contribution in [0.15, 0.2) is 42.5 Å². The molecule has 0 unspecified atom stereocenters. The summed E-state index contributed by atoms with van der Waals surface area (Å²) in [7, 11) is 0. The van der Waals surface area contributed by atoms with Crippen molar-refractivity contribution in [1.29, 1.82) is 0 Å². The first kappa shape index (κ1) is 19.1. The largest absolute Gasteiger partial charge is 0.351 e. The maximum absolute atomic E-state index is 14.2. The molecule has 124 valence electrons. The van der Waals surface area contributed by atoms with Crippen LogP contribution >= 0.6 is 12.4 Å². The van der Waals surface area contributed by atoms with Crippen LogP contribution in [0, 0.1) is 12.7 Å². The number of carbonyl (C=O) groups is 1. The van der Waals surface area contributed by atoms with Gasteiger partial charge in [-0.2, -0.15) is 0 Å². The van der Waals surface area contributed by atoms with Crippen LogP contribution in [0.3, 0.4) is 0 Å². The minimum absolute atomic E-state index is 0. The molecule has 5 heteroatoms. The first-order valence-electron chi connectivity index (χ1n) is 7.47. The van der Waals surface area contributed by atoms with Gasteiger partial charge in [0.2, 0.25) is 0 Å². The van der Waals surface area contributed by atoms with Crippen molar-refractivity contribution in [2.45, 2.75) is 13.8 Å². The third-order valence-corrected chi connectivity index (χ3v) is 3.44. The average molecular weight is 337 g/mol. The van der Waals surface area contributed by atoms with Crippen LogP contribution in [0.4, 0.5) is 4.39 Å². The smallest absolute Gasteiger partial charge is 0.254 e. The highest BCUT2D eigenvalue weighted by Gasteiger charge is 2.12. The van der Waals surface area contributed by atoms with Gasteiger partial charge in [-0.1, -0.05) is 42.8 Å². The molecule has 0 aliphatic carbocycles. The van der Waals surface area contributed by atoms with E-state index < -0.39 is 5.82 Å². The molecule has 1 amide bonds. The van der Waals surface area contributed by atoms with E-state index in [9.17, 15) is 9.18 Å². The zero-order valence-corrected chi connectivity index (χ0v) is 14.2. The Bertz CT molecular complexity index is 644. The van der Waals surface area contributed by atoms with E-state index in [1.807, 2.05) is 38.1 Å². The lowest BCUT2D eigenvalue weighted by atomic mass is 10.0. The van der Waals surface area contributed by atoms with Gasteiger partial charge in [-0.15, -0.1) is 12.4 Å². The van der Waals surface area contributed by atoms with E-state index in [0.717, 1.165) is 23.2 Å². The van der Waals surface area contributed by atoms with Crippen LogP contribution in [-0.2, 0) is 0 Å².